The number of carbonyl (C=O) groups excluding carboxylic acids is 1. The second-order valence-corrected chi connectivity index (χ2v) is 6.05. The summed E-state index contributed by atoms with van der Waals surface area (Å²) in [4.78, 5) is 12.0. The molecule has 1 aromatic carbocycles. The van der Waals surface area contributed by atoms with Gasteiger partial charge in [0.15, 0.2) is 17.4 Å². The number of ether oxygens (including phenoxy) is 2. The summed E-state index contributed by atoms with van der Waals surface area (Å²) in [7, 11) is 1.61. The van der Waals surface area contributed by atoms with Crippen LogP contribution in [-0.2, 0) is 4.74 Å². The maximum absolute atomic E-state index is 12.0. The molecule has 1 N–H and O–H groups in total. The molecule has 1 fully saturated rings. The minimum atomic E-state index is -0.448. The molecule has 23 heavy (non-hydrogen) atoms. The van der Waals surface area contributed by atoms with E-state index in [1.54, 1.807) is 7.11 Å². The molecule has 0 radical (unpaired) electrons. The van der Waals surface area contributed by atoms with Crippen LogP contribution in [0.15, 0.2) is 28.7 Å². The minimum absolute atomic E-state index is 0.235. The Balaban J connectivity index is 1.65. The molecule has 0 unspecified atom stereocenters. The molecule has 2 aromatic rings. The van der Waals surface area contributed by atoms with E-state index in [9.17, 15) is 4.79 Å². The molecule has 3 rings (SSSR count). The Kier molecular flexibility index (Phi) is 4.74. The first-order valence-corrected chi connectivity index (χ1v) is 8.21. The summed E-state index contributed by atoms with van der Waals surface area (Å²) in [6.07, 6.45) is 4.84. The van der Waals surface area contributed by atoms with Gasteiger partial charge < -0.3 is 19.2 Å². The third-order valence-electron chi connectivity index (χ3n) is 4.36. The molecule has 1 aromatic heterocycles. The lowest BCUT2D eigenvalue weighted by atomic mass is 9.96. The monoisotopic (exact) mass is 317 g/mol. The topological polar surface area (TPSA) is 60.7 Å². The Hall–Kier alpha value is -2.17. The molecule has 0 aliphatic heterocycles. The van der Waals surface area contributed by atoms with Crippen LogP contribution in [0.1, 0.15) is 50.9 Å². The number of benzene rings is 1. The number of para-hydroxylation sites is 1. The molecule has 0 saturated heterocycles. The number of carbonyl (C=O) groups is 1. The number of nitrogens with one attached hydrogen (secondary N) is 1. The predicted molar refractivity (Wildman–Crippen MR) is 87.7 cm³/mol. The molecule has 124 valence electrons. The summed E-state index contributed by atoms with van der Waals surface area (Å²) in [6, 6.07) is 7.81. The van der Waals surface area contributed by atoms with E-state index in [4.69, 9.17) is 13.9 Å². The Labute approximate surface area is 135 Å². The first-order chi connectivity index (χ1) is 11.2. The molecule has 5 nitrogen and oxygen atoms in total. The lowest BCUT2D eigenvalue weighted by molar-refractivity contribution is 0.0911. The lowest BCUT2D eigenvalue weighted by Crippen LogP contribution is -2.36. The van der Waals surface area contributed by atoms with Crippen molar-refractivity contribution in [2.24, 2.45) is 0 Å². The van der Waals surface area contributed by atoms with Crippen LogP contribution >= 0.6 is 0 Å². The molecule has 1 atom stereocenters. The number of fused-ring (bicyclic) bond motifs is 1. The van der Waals surface area contributed by atoms with Gasteiger partial charge in [0.2, 0.25) is 0 Å². The standard InChI is InChI=1S/C18H23NO4/c1-12(22-18(20)19-14-8-4-3-5-9-14)16-11-13-7-6-10-15(21-2)17(13)23-16/h6-7,10-12,14H,3-5,8-9H2,1-2H3,(H,19,20)/t12-/m0/s1. The van der Waals surface area contributed by atoms with Crippen molar-refractivity contribution in [1.29, 1.82) is 0 Å². The molecule has 1 saturated carbocycles. The zero-order chi connectivity index (χ0) is 16.2. The number of hydrogen-bond acceptors (Lipinski definition) is 4. The van der Waals surface area contributed by atoms with Crippen molar-refractivity contribution >= 4 is 17.1 Å². The number of alkyl carbamates (subject to hydrolysis) is 1. The molecule has 0 spiro atoms. The van der Waals surface area contributed by atoms with Gasteiger partial charge in [-0.05, 0) is 31.9 Å². The summed E-state index contributed by atoms with van der Waals surface area (Å²) < 4.78 is 16.6. The summed E-state index contributed by atoms with van der Waals surface area (Å²) >= 11 is 0. The predicted octanol–water partition coefficient (Wildman–Crippen LogP) is 4.56. The zero-order valence-electron chi connectivity index (χ0n) is 13.6. The van der Waals surface area contributed by atoms with E-state index < -0.39 is 6.10 Å². The fourth-order valence-electron chi connectivity index (χ4n) is 3.08. The largest absolute Gasteiger partial charge is 0.493 e. The van der Waals surface area contributed by atoms with Gasteiger partial charge >= 0.3 is 6.09 Å². The molecular formula is C18H23NO4. The summed E-state index contributed by atoms with van der Waals surface area (Å²) in [5.41, 5.74) is 0.674. The third-order valence-corrected chi connectivity index (χ3v) is 4.36. The average Bonchev–Trinajstić information content (AvgIpc) is 3.00. The smallest absolute Gasteiger partial charge is 0.408 e. The van der Waals surface area contributed by atoms with Gasteiger partial charge in [-0.3, -0.25) is 0 Å². The summed E-state index contributed by atoms with van der Waals surface area (Å²) in [6.45, 7) is 1.81. The quantitative estimate of drug-likeness (QED) is 0.898. The van der Waals surface area contributed by atoms with Crippen LogP contribution in [0, 0.1) is 0 Å². The van der Waals surface area contributed by atoms with E-state index in [-0.39, 0.29) is 12.1 Å². The van der Waals surface area contributed by atoms with Crippen molar-refractivity contribution in [3.8, 4) is 5.75 Å². The Morgan fingerprint density at radius 2 is 2.09 bits per heavy atom. The van der Waals surface area contributed by atoms with E-state index in [1.807, 2.05) is 31.2 Å². The van der Waals surface area contributed by atoms with Gasteiger partial charge in [-0.1, -0.05) is 31.4 Å². The van der Waals surface area contributed by atoms with Gasteiger partial charge in [-0.15, -0.1) is 0 Å². The fourth-order valence-corrected chi connectivity index (χ4v) is 3.08. The Morgan fingerprint density at radius 1 is 1.30 bits per heavy atom. The maximum atomic E-state index is 12.0. The summed E-state index contributed by atoms with van der Waals surface area (Å²) in [5.74, 6) is 1.29. The van der Waals surface area contributed by atoms with Crippen LogP contribution in [-0.4, -0.2) is 19.2 Å². The molecule has 1 aliphatic rings. The van der Waals surface area contributed by atoms with E-state index in [0.717, 1.165) is 18.2 Å². The second-order valence-electron chi connectivity index (χ2n) is 6.05. The van der Waals surface area contributed by atoms with Gasteiger partial charge in [-0.2, -0.15) is 0 Å². The van der Waals surface area contributed by atoms with E-state index in [2.05, 4.69) is 5.32 Å². The van der Waals surface area contributed by atoms with Crippen molar-refractivity contribution in [3.63, 3.8) is 0 Å². The highest BCUT2D eigenvalue weighted by Crippen LogP contribution is 2.32. The van der Waals surface area contributed by atoms with Crippen molar-refractivity contribution in [2.75, 3.05) is 7.11 Å². The molecule has 5 heteroatoms. The van der Waals surface area contributed by atoms with E-state index in [0.29, 0.717) is 17.1 Å². The number of furan rings is 1. The van der Waals surface area contributed by atoms with Crippen molar-refractivity contribution in [1.82, 2.24) is 5.32 Å². The van der Waals surface area contributed by atoms with Crippen molar-refractivity contribution in [2.45, 2.75) is 51.2 Å². The molecule has 1 heterocycles. The normalized spacial score (nSPS) is 17.0. The first kappa shape index (κ1) is 15.7. The number of amides is 1. The van der Waals surface area contributed by atoms with Gasteiger partial charge in [-0.25, -0.2) is 4.79 Å². The van der Waals surface area contributed by atoms with Crippen molar-refractivity contribution < 1.29 is 18.7 Å². The zero-order valence-corrected chi connectivity index (χ0v) is 13.6. The van der Waals surface area contributed by atoms with Crippen LogP contribution in [0.3, 0.4) is 0 Å². The highest BCUT2D eigenvalue weighted by Gasteiger charge is 2.21. The van der Waals surface area contributed by atoms with Crippen LogP contribution < -0.4 is 10.1 Å². The SMILES string of the molecule is COc1cccc2cc([C@H](C)OC(=O)NC3CCCCC3)oc12. The Morgan fingerprint density at radius 3 is 2.83 bits per heavy atom. The lowest BCUT2D eigenvalue weighted by Gasteiger charge is -2.23. The number of hydrogen-bond donors (Lipinski definition) is 1. The molecule has 1 amide bonds. The second kappa shape index (κ2) is 6.94. The van der Waals surface area contributed by atoms with E-state index in [1.165, 1.54) is 19.3 Å². The minimum Gasteiger partial charge on any atom is -0.493 e. The van der Waals surface area contributed by atoms with Crippen LogP contribution in [0.4, 0.5) is 4.79 Å². The van der Waals surface area contributed by atoms with Crippen molar-refractivity contribution in [3.05, 3.63) is 30.0 Å². The van der Waals surface area contributed by atoms with Crippen LogP contribution in [0.25, 0.3) is 11.0 Å². The molecular weight excluding hydrogens is 294 g/mol. The van der Waals surface area contributed by atoms with Gasteiger partial charge in [0.25, 0.3) is 0 Å². The summed E-state index contributed by atoms with van der Waals surface area (Å²) in [5, 5.41) is 3.88. The highest BCUT2D eigenvalue weighted by atomic mass is 16.6. The van der Waals surface area contributed by atoms with Crippen LogP contribution in [0.2, 0.25) is 0 Å². The van der Waals surface area contributed by atoms with Gasteiger partial charge in [0.05, 0.1) is 7.11 Å². The third kappa shape index (κ3) is 3.60. The fraction of sp³-hybridized carbons (Fsp3) is 0.500. The first-order valence-electron chi connectivity index (χ1n) is 8.21. The number of rotatable bonds is 4. The molecule has 0 bridgehead atoms. The Bertz CT molecular complexity index is 673. The highest BCUT2D eigenvalue weighted by molar-refractivity contribution is 5.83. The average molecular weight is 317 g/mol. The van der Waals surface area contributed by atoms with Gasteiger partial charge in [0, 0.05) is 11.4 Å². The maximum Gasteiger partial charge on any atom is 0.408 e. The van der Waals surface area contributed by atoms with E-state index >= 15 is 0 Å². The van der Waals surface area contributed by atoms with Gasteiger partial charge in [0.1, 0.15) is 5.76 Å². The van der Waals surface area contributed by atoms with Crippen LogP contribution in [0.5, 0.6) is 5.75 Å². The molecule has 1 aliphatic carbocycles. The number of methoxy groups -OCH3 is 1.